The van der Waals surface area contributed by atoms with Crippen LogP contribution >= 0.6 is 0 Å². The van der Waals surface area contributed by atoms with Crippen molar-refractivity contribution in [2.24, 2.45) is 28.2 Å². The number of rotatable bonds is 15. The minimum absolute atomic E-state index is 0.0170. The first-order chi connectivity index (χ1) is 31.1. The highest BCUT2D eigenvalue weighted by Gasteiger charge is 2.49. The number of guanidine groups is 1. The third-order valence-corrected chi connectivity index (χ3v) is 15.7. The first kappa shape index (κ1) is 47.7. The smallest absolute Gasteiger partial charge is 0.207 e. The molecule has 1 heterocycles. The van der Waals surface area contributed by atoms with E-state index in [1.165, 1.54) is 6.42 Å². The van der Waals surface area contributed by atoms with Gasteiger partial charge in [-0.1, -0.05) is 82.8 Å². The van der Waals surface area contributed by atoms with Gasteiger partial charge < -0.3 is 40.2 Å². The van der Waals surface area contributed by atoms with Crippen LogP contribution in [0.25, 0.3) is 0 Å². The van der Waals surface area contributed by atoms with Gasteiger partial charge in [0.1, 0.15) is 5.60 Å². The maximum absolute atomic E-state index is 15.1. The molecule has 0 radical (unpaired) electrons. The average molecular weight is 881 g/mol. The second-order valence-electron chi connectivity index (χ2n) is 19.8. The number of anilines is 1. The summed E-state index contributed by atoms with van der Waals surface area (Å²) < 4.78 is 18.8. The van der Waals surface area contributed by atoms with Crippen molar-refractivity contribution in [3.63, 3.8) is 0 Å². The van der Waals surface area contributed by atoms with Crippen LogP contribution in [-0.4, -0.2) is 72.8 Å². The summed E-state index contributed by atoms with van der Waals surface area (Å²) in [6.45, 7) is 2.82. The van der Waals surface area contributed by atoms with E-state index in [2.05, 4.69) is 58.0 Å². The molecule has 1 spiro atoms. The number of hydrogen-bond acceptors (Lipinski definition) is 9. The number of aromatic hydroxyl groups is 2. The van der Waals surface area contributed by atoms with Gasteiger partial charge in [0.15, 0.2) is 35.1 Å². The van der Waals surface area contributed by atoms with E-state index in [-0.39, 0.29) is 46.6 Å². The number of ether oxygens (including phenoxy) is 3. The van der Waals surface area contributed by atoms with Crippen molar-refractivity contribution in [2.45, 2.75) is 172 Å². The van der Waals surface area contributed by atoms with Crippen LogP contribution in [0.3, 0.4) is 0 Å². The monoisotopic (exact) mass is 881 g/mol. The summed E-state index contributed by atoms with van der Waals surface area (Å²) in [6, 6.07) is 12.7. The number of benzene rings is 2. The minimum Gasteiger partial charge on any atom is -0.504 e. The Labute approximate surface area is 382 Å². The molecular formula is C53H76N4O7. The first-order valence-corrected chi connectivity index (χ1v) is 24.7. The second kappa shape index (κ2) is 21.8. The third kappa shape index (κ3) is 10.9. The zero-order valence-electron chi connectivity index (χ0n) is 39.1. The van der Waals surface area contributed by atoms with Crippen LogP contribution in [0.5, 0.6) is 23.0 Å². The van der Waals surface area contributed by atoms with Crippen LogP contribution in [0.2, 0.25) is 0 Å². The van der Waals surface area contributed by atoms with Gasteiger partial charge in [-0.05, 0) is 137 Å². The fourth-order valence-corrected chi connectivity index (χ4v) is 12.3. The summed E-state index contributed by atoms with van der Waals surface area (Å²) in [7, 11) is 5.19. The van der Waals surface area contributed by atoms with Gasteiger partial charge in [-0.2, -0.15) is 0 Å². The molecule has 4 aliphatic carbocycles. The maximum Gasteiger partial charge on any atom is 0.207 e. The molecule has 64 heavy (non-hydrogen) atoms. The van der Waals surface area contributed by atoms with Crippen LogP contribution in [0.4, 0.5) is 5.69 Å². The van der Waals surface area contributed by atoms with E-state index in [4.69, 9.17) is 14.2 Å². The number of aliphatic hydroxyl groups is 1. The Kier molecular flexibility index (Phi) is 16.3. The van der Waals surface area contributed by atoms with Crippen molar-refractivity contribution >= 4 is 17.4 Å². The summed E-state index contributed by atoms with van der Waals surface area (Å²) in [5, 5.41) is 43.7. The molecule has 2 bridgehead atoms. The van der Waals surface area contributed by atoms with Crippen LogP contribution in [-0.2, 0) is 21.4 Å². The highest BCUT2D eigenvalue weighted by Crippen LogP contribution is 2.54. The number of fused-ring (bicyclic) bond motifs is 4. The average Bonchev–Trinajstić information content (AvgIpc) is 4.05. The predicted octanol–water partition coefficient (Wildman–Crippen LogP) is 9.82. The molecule has 11 heteroatoms. The van der Waals surface area contributed by atoms with E-state index >= 15 is 4.79 Å². The molecule has 1 aliphatic heterocycles. The highest BCUT2D eigenvalue weighted by molar-refractivity contribution is 5.97. The number of ketones is 1. The molecule has 0 unspecified atom stereocenters. The van der Waals surface area contributed by atoms with Crippen molar-refractivity contribution in [2.75, 3.05) is 33.1 Å². The number of carbonyl (C=O) groups is 1. The lowest BCUT2D eigenvalue weighted by atomic mass is 9.65. The van der Waals surface area contributed by atoms with Crippen LogP contribution in [0, 0.1) is 35.1 Å². The van der Waals surface area contributed by atoms with E-state index in [0.29, 0.717) is 49.0 Å². The molecule has 350 valence electrons. The largest absolute Gasteiger partial charge is 0.504 e. The summed E-state index contributed by atoms with van der Waals surface area (Å²) in [5.74, 6) is 5.13. The molecule has 5 aliphatic rings. The topological polar surface area (TPSA) is 154 Å². The van der Waals surface area contributed by atoms with Crippen molar-refractivity contribution in [3.8, 4) is 35.0 Å². The van der Waals surface area contributed by atoms with Gasteiger partial charge in [0, 0.05) is 43.3 Å². The Balaban J connectivity index is 1.27. The Morgan fingerprint density at radius 1 is 0.969 bits per heavy atom. The number of nitrogens with zero attached hydrogens (tertiary/aromatic N) is 1. The van der Waals surface area contributed by atoms with Gasteiger partial charge >= 0.3 is 0 Å². The molecule has 2 aromatic carbocycles. The SMILES string of the molecule is CCCCC[C@@H]1/C=C\C(=O)[C@]2(Cc3ccc(O)c(OC)c3)CCC[C@H]2CC#CNC(=NC)Nc2cc(cc(O[C@]3(CNC)CC[C@H](C[C@H](O)OC4CCCCC4)C3)c2O)C12CCCC2. The number of allylic oxidation sites excluding steroid dienone is 2. The quantitative estimate of drug-likeness (QED) is 0.0441. The Morgan fingerprint density at radius 2 is 1.78 bits per heavy atom. The fourth-order valence-electron chi connectivity index (χ4n) is 12.3. The van der Waals surface area contributed by atoms with E-state index in [1.54, 1.807) is 20.2 Å². The Bertz CT molecular complexity index is 2010. The summed E-state index contributed by atoms with van der Waals surface area (Å²) in [6.07, 6.45) is 23.9. The molecule has 0 amide bonds. The van der Waals surface area contributed by atoms with Crippen molar-refractivity contribution in [1.82, 2.24) is 10.6 Å². The molecule has 0 saturated heterocycles. The van der Waals surface area contributed by atoms with E-state index in [0.717, 1.165) is 127 Å². The molecule has 6 atom stereocenters. The van der Waals surface area contributed by atoms with Crippen LogP contribution in [0.1, 0.15) is 153 Å². The third-order valence-electron chi connectivity index (χ3n) is 15.7. The minimum atomic E-state index is -0.800. The molecule has 0 aromatic heterocycles. The highest BCUT2D eigenvalue weighted by atomic mass is 16.6. The lowest BCUT2D eigenvalue weighted by Crippen LogP contribution is -2.43. The molecule has 11 nitrogen and oxygen atoms in total. The Morgan fingerprint density at radius 3 is 2.53 bits per heavy atom. The molecule has 4 fully saturated rings. The van der Waals surface area contributed by atoms with Crippen LogP contribution < -0.4 is 25.4 Å². The second-order valence-corrected chi connectivity index (χ2v) is 19.8. The predicted molar refractivity (Wildman–Crippen MR) is 254 cm³/mol. The number of nitrogens with one attached hydrogen (secondary N) is 3. The van der Waals surface area contributed by atoms with Crippen molar-refractivity contribution < 1.29 is 34.3 Å². The van der Waals surface area contributed by atoms with E-state index in [9.17, 15) is 15.3 Å². The zero-order valence-corrected chi connectivity index (χ0v) is 39.1. The number of carbonyl (C=O) groups excluding carboxylic acids is 1. The van der Waals surface area contributed by atoms with Gasteiger partial charge in [0.2, 0.25) is 5.96 Å². The van der Waals surface area contributed by atoms with Gasteiger partial charge in [-0.15, -0.1) is 0 Å². The van der Waals surface area contributed by atoms with Crippen molar-refractivity contribution in [3.05, 3.63) is 53.6 Å². The molecule has 2 aromatic rings. The molecule has 4 saturated carbocycles. The van der Waals surface area contributed by atoms with Crippen molar-refractivity contribution in [1.29, 1.82) is 0 Å². The van der Waals surface area contributed by atoms with Crippen LogP contribution in [0.15, 0.2) is 47.5 Å². The number of methoxy groups -OCH3 is 1. The number of aliphatic hydroxyl groups excluding tert-OH is 1. The van der Waals surface area contributed by atoms with Gasteiger partial charge in [0.05, 0.1) is 18.9 Å². The first-order valence-electron chi connectivity index (χ1n) is 24.7. The van der Waals surface area contributed by atoms with E-state index < -0.39 is 17.3 Å². The number of unbranched alkanes of at least 4 members (excludes halogenated alkanes) is 2. The van der Waals surface area contributed by atoms with E-state index in [1.807, 2.05) is 25.3 Å². The van der Waals surface area contributed by atoms with Gasteiger partial charge in [0.25, 0.3) is 0 Å². The maximum atomic E-state index is 15.1. The number of hydrogen-bond donors (Lipinski definition) is 6. The molecular weight excluding hydrogens is 805 g/mol. The zero-order chi connectivity index (χ0) is 45.2. The standard InChI is InChI=1S/C53H76N4O7/c1-5-6-8-15-40-21-23-47(59)53(35-37-20-22-44(58)45(30-37)62-4)27-13-16-39(53)17-14-29-56-50(55-3)57-43-32-41(52(40)25-11-12-26-52)33-46(49(43)61)64-51(36-54-2)28-24-38(34-51)31-48(60)63-42-18-9-7-10-19-42/h20-23,30,32-33,38-40,42,48,54,58,60-61H,5-13,15-19,24-28,31,34-36H2,1-4H3,(H2,55,56,57)/b23-21-/t38-,39+,40-,48-,51-,53+/m1/s1. The molecule has 6 N–H and O–H groups in total. The summed E-state index contributed by atoms with van der Waals surface area (Å²) in [5.41, 5.74) is 0.968. The normalized spacial score (nSPS) is 28.8. The molecule has 7 rings (SSSR count). The lowest BCUT2D eigenvalue weighted by molar-refractivity contribution is -0.152. The van der Waals surface area contributed by atoms with Gasteiger partial charge in [-0.3, -0.25) is 15.1 Å². The number of phenolic OH excluding ortho intramolecular Hbond substituents is 2. The number of aliphatic imine (C=N–C) groups is 1. The fraction of sp³-hybridized carbons (Fsp3) is 0.660. The van der Waals surface area contributed by atoms with Gasteiger partial charge in [-0.25, -0.2) is 0 Å². The lowest BCUT2D eigenvalue weighted by Gasteiger charge is -2.39. The number of likely N-dealkylation sites (N-methyl/N-ethyl adjacent to an activating group) is 1. The Hall–Kier alpha value is -4.24. The summed E-state index contributed by atoms with van der Waals surface area (Å²) in [4.78, 5) is 19.7. The summed E-state index contributed by atoms with van der Waals surface area (Å²) >= 11 is 0. The number of phenols is 2.